The maximum atomic E-state index is 5.87. The van der Waals surface area contributed by atoms with Gasteiger partial charge >= 0.3 is 0 Å². The van der Waals surface area contributed by atoms with Crippen molar-refractivity contribution in [3.63, 3.8) is 0 Å². The van der Waals surface area contributed by atoms with Crippen molar-refractivity contribution in [3.8, 4) is 0 Å². The zero-order valence-electron chi connectivity index (χ0n) is 11.6. The van der Waals surface area contributed by atoms with Crippen molar-refractivity contribution in [3.05, 3.63) is 0 Å². The molecule has 2 nitrogen and oxygen atoms in total. The molecule has 0 radical (unpaired) electrons. The normalized spacial score (nSPS) is 32.3. The van der Waals surface area contributed by atoms with Crippen LogP contribution in [0.3, 0.4) is 0 Å². The van der Waals surface area contributed by atoms with Gasteiger partial charge in [-0.05, 0) is 18.8 Å². The fourth-order valence-corrected chi connectivity index (χ4v) is 6.65. The molecule has 2 rings (SSSR count). The number of thioether (sulfide) groups is 2. The highest BCUT2D eigenvalue weighted by Crippen LogP contribution is 2.38. The number of hydrazine groups is 1. The van der Waals surface area contributed by atoms with Crippen LogP contribution in [-0.2, 0) is 0 Å². The summed E-state index contributed by atoms with van der Waals surface area (Å²) in [6, 6.07) is 0.524. The Morgan fingerprint density at radius 1 is 1.17 bits per heavy atom. The third-order valence-corrected chi connectivity index (χ3v) is 7.82. The molecule has 0 spiro atoms. The van der Waals surface area contributed by atoms with Gasteiger partial charge in [0, 0.05) is 28.0 Å². The highest BCUT2D eigenvalue weighted by atomic mass is 32.2. The third kappa shape index (κ3) is 4.06. The summed E-state index contributed by atoms with van der Waals surface area (Å²) in [7, 11) is 0. The van der Waals surface area contributed by atoms with Crippen LogP contribution in [0.2, 0.25) is 0 Å². The summed E-state index contributed by atoms with van der Waals surface area (Å²) < 4.78 is 0. The molecule has 106 valence electrons. The zero-order chi connectivity index (χ0) is 12.8. The first-order chi connectivity index (χ1) is 8.85. The molecule has 1 heterocycles. The van der Waals surface area contributed by atoms with Gasteiger partial charge in [-0.2, -0.15) is 23.5 Å². The molecule has 0 aromatic rings. The molecule has 1 aliphatic carbocycles. The summed E-state index contributed by atoms with van der Waals surface area (Å²) in [5, 5.41) is 1.52. The Kier molecular flexibility index (Phi) is 6.70. The smallest absolute Gasteiger partial charge is 0.0342 e. The minimum absolute atomic E-state index is 0.524. The molecule has 3 N–H and O–H groups in total. The van der Waals surface area contributed by atoms with E-state index in [-0.39, 0.29) is 0 Å². The molecule has 3 atom stereocenters. The lowest BCUT2D eigenvalue weighted by Crippen LogP contribution is -2.49. The van der Waals surface area contributed by atoms with E-state index in [2.05, 4.69) is 35.9 Å². The van der Waals surface area contributed by atoms with Crippen LogP contribution in [0.1, 0.15) is 51.9 Å². The third-order valence-electron chi connectivity index (χ3n) is 4.42. The van der Waals surface area contributed by atoms with Crippen LogP contribution in [-0.4, -0.2) is 28.0 Å². The molecular weight excluding hydrogens is 260 g/mol. The van der Waals surface area contributed by atoms with E-state index in [9.17, 15) is 0 Å². The first-order valence-corrected chi connectivity index (χ1v) is 9.64. The fraction of sp³-hybridized carbons (Fsp3) is 1.00. The Bertz CT molecular complexity index is 232. The molecule has 4 heteroatoms. The lowest BCUT2D eigenvalue weighted by molar-refractivity contribution is 0.293. The number of nitrogens with one attached hydrogen (secondary N) is 1. The quantitative estimate of drug-likeness (QED) is 0.600. The number of nitrogens with two attached hydrogens (primary N) is 1. The second-order valence-corrected chi connectivity index (χ2v) is 8.30. The monoisotopic (exact) mass is 288 g/mol. The molecule has 0 aromatic heterocycles. The largest absolute Gasteiger partial charge is 0.271 e. The number of rotatable bonds is 5. The summed E-state index contributed by atoms with van der Waals surface area (Å²) >= 11 is 4.31. The van der Waals surface area contributed by atoms with Crippen molar-refractivity contribution in [2.75, 3.05) is 11.5 Å². The highest BCUT2D eigenvalue weighted by molar-refractivity contribution is 8.07. The van der Waals surface area contributed by atoms with E-state index >= 15 is 0 Å². The van der Waals surface area contributed by atoms with E-state index in [1.807, 2.05) is 0 Å². The van der Waals surface area contributed by atoms with Gasteiger partial charge in [0.1, 0.15) is 0 Å². The predicted octanol–water partition coefficient (Wildman–Crippen LogP) is 3.42. The summed E-state index contributed by atoms with van der Waals surface area (Å²) in [6.07, 6.45) is 9.76. The van der Waals surface area contributed by atoms with Gasteiger partial charge in [-0.1, -0.05) is 39.0 Å². The van der Waals surface area contributed by atoms with Gasteiger partial charge in [0.15, 0.2) is 0 Å². The molecular formula is C14H28N2S2. The van der Waals surface area contributed by atoms with Gasteiger partial charge in [-0.15, -0.1) is 0 Å². The molecule has 3 unspecified atom stereocenters. The van der Waals surface area contributed by atoms with E-state index in [0.29, 0.717) is 6.04 Å². The van der Waals surface area contributed by atoms with Crippen LogP contribution in [0.25, 0.3) is 0 Å². The molecule has 0 amide bonds. The second kappa shape index (κ2) is 8.03. The zero-order valence-corrected chi connectivity index (χ0v) is 13.2. The van der Waals surface area contributed by atoms with Crippen molar-refractivity contribution in [2.24, 2.45) is 11.8 Å². The standard InChI is InChI=1S/C14H28N2S2/c1-2-13-14(18-9-8-17-13)12(16-15)10-11-6-4-3-5-7-11/h11-14,16H,2-10,15H2,1H3. The van der Waals surface area contributed by atoms with Crippen molar-refractivity contribution in [1.82, 2.24) is 5.43 Å². The Labute approximate surface area is 121 Å². The minimum atomic E-state index is 0.524. The summed E-state index contributed by atoms with van der Waals surface area (Å²) in [4.78, 5) is 0. The summed E-state index contributed by atoms with van der Waals surface area (Å²) in [6.45, 7) is 2.32. The molecule has 0 aromatic carbocycles. The van der Waals surface area contributed by atoms with E-state index in [1.54, 1.807) is 0 Å². The first kappa shape index (κ1) is 15.0. The van der Waals surface area contributed by atoms with Gasteiger partial charge < -0.3 is 0 Å². The van der Waals surface area contributed by atoms with Gasteiger partial charge in [0.25, 0.3) is 0 Å². The Balaban J connectivity index is 1.89. The molecule has 18 heavy (non-hydrogen) atoms. The van der Waals surface area contributed by atoms with Crippen LogP contribution < -0.4 is 11.3 Å². The topological polar surface area (TPSA) is 38.0 Å². The van der Waals surface area contributed by atoms with E-state index < -0.39 is 0 Å². The maximum Gasteiger partial charge on any atom is 0.0342 e. The van der Waals surface area contributed by atoms with Gasteiger partial charge in [-0.25, -0.2) is 0 Å². The van der Waals surface area contributed by atoms with Gasteiger partial charge in [-0.3, -0.25) is 11.3 Å². The summed E-state index contributed by atoms with van der Waals surface area (Å²) in [5.41, 5.74) is 3.15. The van der Waals surface area contributed by atoms with E-state index in [4.69, 9.17) is 5.84 Å². The van der Waals surface area contributed by atoms with Gasteiger partial charge in [0.05, 0.1) is 0 Å². The maximum absolute atomic E-state index is 5.87. The van der Waals surface area contributed by atoms with Crippen LogP contribution in [0.4, 0.5) is 0 Å². The second-order valence-electron chi connectivity index (χ2n) is 5.67. The molecule has 1 saturated carbocycles. The van der Waals surface area contributed by atoms with Crippen LogP contribution in [0, 0.1) is 5.92 Å². The lowest BCUT2D eigenvalue weighted by atomic mass is 9.84. The molecule has 1 aliphatic heterocycles. The van der Waals surface area contributed by atoms with Gasteiger partial charge in [0.2, 0.25) is 0 Å². The molecule has 0 bridgehead atoms. The van der Waals surface area contributed by atoms with Crippen molar-refractivity contribution >= 4 is 23.5 Å². The Hall–Kier alpha value is 0.620. The SMILES string of the molecule is CCC1SCCSC1C(CC1CCCCC1)NN. The fourth-order valence-electron chi connectivity index (χ4n) is 3.39. The Morgan fingerprint density at radius 3 is 2.56 bits per heavy atom. The predicted molar refractivity (Wildman–Crippen MR) is 85.1 cm³/mol. The van der Waals surface area contributed by atoms with Crippen LogP contribution in [0.5, 0.6) is 0 Å². The van der Waals surface area contributed by atoms with Crippen LogP contribution in [0.15, 0.2) is 0 Å². The summed E-state index contributed by atoms with van der Waals surface area (Å²) in [5.74, 6) is 9.41. The minimum Gasteiger partial charge on any atom is -0.271 e. The van der Waals surface area contributed by atoms with E-state index in [0.717, 1.165) is 16.4 Å². The van der Waals surface area contributed by atoms with Crippen molar-refractivity contribution in [2.45, 2.75) is 68.4 Å². The average Bonchev–Trinajstić information content (AvgIpc) is 2.46. The number of hydrogen-bond acceptors (Lipinski definition) is 4. The molecule has 2 aliphatic rings. The van der Waals surface area contributed by atoms with Crippen molar-refractivity contribution in [1.29, 1.82) is 0 Å². The molecule has 2 fully saturated rings. The number of hydrogen-bond donors (Lipinski definition) is 2. The van der Waals surface area contributed by atoms with E-state index in [1.165, 1.54) is 56.5 Å². The average molecular weight is 289 g/mol. The lowest BCUT2D eigenvalue weighted by Gasteiger charge is -2.37. The Morgan fingerprint density at radius 2 is 1.89 bits per heavy atom. The molecule has 1 saturated heterocycles. The first-order valence-electron chi connectivity index (χ1n) is 7.54. The highest BCUT2D eigenvalue weighted by Gasteiger charge is 2.33. The van der Waals surface area contributed by atoms with Crippen LogP contribution >= 0.6 is 23.5 Å². The van der Waals surface area contributed by atoms with Crippen molar-refractivity contribution < 1.29 is 0 Å².